The van der Waals surface area contributed by atoms with Crippen molar-refractivity contribution >= 4 is 23.3 Å². The molecule has 0 saturated heterocycles. The fourth-order valence-corrected chi connectivity index (χ4v) is 3.53. The predicted molar refractivity (Wildman–Crippen MR) is 110 cm³/mol. The average molecular weight is 415 g/mol. The van der Waals surface area contributed by atoms with Gasteiger partial charge < -0.3 is 20.3 Å². The maximum absolute atomic E-state index is 13.5. The van der Waals surface area contributed by atoms with Gasteiger partial charge in [0.1, 0.15) is 5.82 Å². The van der Waals surface area contributed by atoms with E-state index in [1.165, 1.54) is 24.3 Å². The van der Waals surface area contributed by atoms with Crippen LogP contribution in [0.25, 0.3) is 0 Å². The molecule has 0 aliphatic carbocycles. The molecule has 2 aromatic rings. The van der Waals surface area contributed by atoms with Gasteiger partial charge in [0.05, 0.1) is 17.4 Å². The molecule has 1 aliphatic rings. The number of carbonyl (C=O) groups is 3. The van der Waals surface area contributed by atoms with Crippen molar-refractivity contribution in [2.45, 2.75) is 52.2 Å². The van der Waals surface area contributed by atoms with E-state index in [0.717, 1.165) is 12.8 Å². The molecule has 160 valence electrons. The fourth-order valence-electron chi connectivity index (χ4n) is 3.53. The molecule has 0 radical (unpaired) electrons. The molecule has 0 bridgehead atoms. The molecule has 2 heterocycles. The van der Waals surface area contributed by atoms with Crippen LogP contribution in [0.2, 0.25) is 0 Å². The summed E-state index contributed by atoms with van der Waals surface area (Å²) in [5, 5.41) is 14.8. The molecule has 0 spiro atoms. The Kier molecular flexibility index (Phi) is 6.66. The summed E-state index contributed by atoms with van der Waals surface area (Å²) in [7, 11) is 0. The highest BCUT2D eigenvalue weighted by atomic mass is 19.1. The van der Waals surface area contributed by atoms with Crippen LogP contribution in [0.5, 0.6) is 0 Å². The van der Waals surface area contributed by atoms with Crippen molar-refractivity contribution in [1.82, 2.24) is 9.88 Å². The highest BCUT2D eigenvalue weighted by Gasteiger charge is 2.28. The van der Waals surface area contributed by atoms with Crippen LogP contribution in [0, 0.1) is 12.7 Å². The molecule has 0 fully saturated rings. The summed E-state index contributed by atoms with van der Waals surface area (Å²) >= 11 is 0. The molecule has 1 aromatic heterocycles. The molecule has 1 aromatic carbocycles. The lowest BCUT2D eigenvalue weighted by molar-refractivity contribution is -0.117. The topological polar surface area (TPSA) is 100 Å². The molecular weight excluding hydrogens is 389 g/mol. The van der Waals surface area contributed by atoms with Crippen LogP contribution in [0.15, 0.2) is 24.3 Å². The van der Waals surface area contributed by atoms with Crippen LogP contribution in [0.4, 0.5) is 10.1 Å². The standard InChI is InChI=1S/C22H26FN3O4/c1-3-15(27)12-24-22(30)20(28)19-11-16(18-6-4-5-9-26(18)19)21(29)25-14-7-8-17(23)13(2)10-14/h7-8,10-11,15,27H,3-6,9,12H2,1-2H3,(H,24,30)(H,25,29)/t15-/m0/s1. The van der Waals surface area contributed by atoms with Gasteiger partial charge in [-0.25, -0.2) is 4.39 Å². The Morgan fingerprint density at radius 3 is 2.70 bits per heavy atom. The first kappa shape index (κ1) is 21.7. The monoisotopic (exact) mass is 415 g/mol. The lowest BCUT2D eigenvalue weighted by Crippen LogP contribution is -2.37. The Balaban J connectivity index is 1.84. The van der Waals surface area contributed by atoms with Gasteiger partial charge in [-0.2, -0.15) is 0 Å². The van der Waals surface area contributed by atoms with E-state index in [0.29, 0.717) is 41.9 Å². The quantitative estimate of drug-likeness (QED) is 0.478. The highest BCUT2D eigenvalue weighted by molar-refractivity contribution is 6.42. The van der Waals surface area contributed by atoms with E-state index in [1.807, 2.05) is 0 Å². The summed E-state index contributed by atoms with van der Waals surface area (Å²) in [6.45, 7) is 3.92. The van der Waals surface area contributed by atoms with E-state index in [9.17, 15) is 23.9 Å². The number of Topliss-reactive ketones (excluding diaryl/α,β-unsaturated/α-hetero) is 1. The summed E-state index contributed by atoms with van der Waals surface area (Å²) in [6.07, 6.45) is 2.08. The molecule has 1 aliphatic heterocycles. The van der Waals surface area contributed by atoms with E-state index < -0.39 is 23.7 Å². The molecule has 0 unspecified atom stereocenters. The summed E-state index contributed by atoms with van der Waals surface area (Å²) in [6, 6.07) is 5.74. The van der Waals surface area contributed by atoms with Crippen LogP contribution in [-0.4, -0.2) is 39.9 Å². The number of rotatable bonds is 7. The summed E-state index contributed by atoms with van der Waals surface area (Å²) in [5.74, 6) is -2.32. The molecule has 3 N–H and O–H groups in total. The van der Waals surface area contributed by atoms with Gasteiger partial charge in [0.25, 0.3) is 17.6 Å². The van der Waals surface area contributed by atoms with Gasteiger partial charge in [-0.05, 0) is 62.4 Å². The van der Waals surface area contributed by atoms with E-state index in [-0.39, 0.29) is 18.1 Å². The first-order valence-electron chi connectivity index (χ1n) is 10.1. The Labute approximate surface area is 174 Å². The van der Waals surface area contributed by atoms with Crippen LogP contribution in [-0.2, 0) is 17.8 Å². The zero-order chi connectivity index (χ0) is 21.8. The molecule has 30 heavy (non-hydrogen) atoms. The fraction of sp³-hybridized carbons (Fsp3) is 0.409. The average Bonchev–Trinajstić information content (AvgIpc) is 3.13. The van der Waals surface area contributed by atoms with Crippen molar-refractivity contribution in [2.75, 3.05) is 11.9 Å². The predicted octanol–water partition coefficient (Wildman–Crippen LogP) is 2.59. The van der Waals surface area contributed by atoms with Crippen LogP contribution in [0.1, 0.15) is 58.3 Å². The van der Waals surface area contributed by atoms with Crippen molar-refractivity contribution < 1.29 is 23.9 Å². The van der Waals surface area contributed by atoms with Crippen LogP contribution in [0.3, 0.4) is 0 Å². The van der Waals surface area contributed by atoms with Crippen molar-refractivity contribution in [3.63, 3.8) is 0 Å². The number of aliphatic hydroxyl groups excluding tert-OH is 1. The van der Waals surface area contributed by atoms with Gasteiger partial charge in [0, 0.05) is 24.5 Å². The van der Waals surface area contributed by atoms with Crippen molar-refractivity contribution in [3.05, 3.63) is 52.6 Å². The number of halogens is 1. The van der Waals surface area contributed by atoms with E-state index in [1.54, 1.807) is 18.4 Å². The number of anilines is 1. The van der Waals surface area contributed by atoms with E-state index in [2.05, 4.69) is 10.6 Å². The number of aryl methyl sites for hydroxylation is 1. The molecule has 8 heteroatoms. The lowest BCUT2D eigenvalue weighted by atomic mass is 10.1. The van der Waals surface area contributed by atoms with E-state index >= 15 is 0 Å². The number of aliphatic hydroxyl groups is 1. The third kappa shape index (κ3) is 4.59. The highest BCUT2D eigenvalue weighted by Crippen LogP contribution is 2.25. The van der Waals surface area contributed by atoms with Gasteiger partial charge in [-0.15, -0.1) is 0 Å². The Morgan fingerprint density at radius 2 is 2.00 bits per heavy atom. The summed E-state index contributed by atoms with van der Waals surface area (Å²) in [4.78, 5) is 37.9. The summed E-state index contributed by atoms with van der Waals surface area (Å²) in [5.41, 5.74) is 2.07. The van der Waals surface area contributed by atoms with Crippen LogP contribution < -0.4 is 10.6 Å². The smallest absolute Gasteiger partial charge is 0.294 e. The number of carbonyl (C=O) groups excluding carboxylic acids is 3. The summed E-state index contributed by atoms with van der Waals surface area (Å²) < 4.78 is 15.2. The number of ketones is 1. The Hall–Kier alpha value is -3.00. The number of aromatic nitrogens is 1. The largest absolute Gasteiger partial charge is 0.391 e. The van der Waals surface area contributed by atoms with Gasteiger partial charge in [-0.1, -0.05) is 6.92 Å². The van der Waals surface area contributed by atoms with Crippen molar-refractivity contribution in [1.29, 1.82) is 0 Å². The molecule has 3 rings (SSSR count). The van der Waals surface area contributed by atoms with Crippen molar-refractivity contribution in [3.8, 4) is 0 Å². The first-order chi connectivity index (χ1) is 14.3. The van der Waals surface area contributed by atoms with E-state index in [4.69, 9.17) is 0 Å². The number of benzene rings is 1. The van der Waals surface area contributed by atoms with Gasteiger partial charge in [-0.3, -0.25) is 14.4 Å². The zero-order valence-electron chi connectivity index (χ0n) is 17.1. The lowest BCUT2D eigenvalue weighted by Gasteiger charge is -2.18. The molecule has 1 atom stereocenters. The Morgan fingerprint density at radius 1 is 1.23 bits per heavy atom. The SMILES string of the molecule is CC[C@H](O)CNC(=O)C(=O)c1cc(C(=O)Nc2ccc(F)c(C)c2)c2n1CCCC2. The molecule has 2 amide bonds. The second kappa shape index (κ2) is 9.21. The van der Waals surface area contributed by atoms with Crippen molar-refractivity contribution in [2.24, 2.45) is 0 Å². The minimum Gasteiger partial charge on any atom is -0.391 e. The number of fused-ring (bicyclic) bond motifs is 1. The second-order valence-corrected chi connectivity index (χ2v) is 7.52. The normalized spacial score (nSPS) is 14.0. The molecular formula is C22H26FN3O4. The maximum atomic E-state index is 13.5. The van der Waals surface area contributed by atoms with Gasteiger partial charge >= 0.3 is 0 Å². The zero-order valence-corrected chi connectivity index (χ0v) is 17.1. The first-order valence-corrected chi connectivity index (χ1v) is 10.1. The number of hydrogen-bond donors (Lipinski definition) is 3. The molecule has 0 saturated carbocycles. The van der Waals surface area contributed by atoms with Gasteiger partial charge in [0.15, 0.2) is 0 Å². The third-order valence-electron chi connectivity index (χ3n) is 5.32. The molecule has 7 nitrogen and oxygen atoms in total. The minimum absolute atomic E-state index is 0.00804. The second-order valence-electron chi connectivity index (χ2n) is 7.52. The Bertz CT molecular complexity index is 983. The number of nitrogens with zero attached hydrogens (tertiary/aromatic N) is 1. The van der Waals surface area contributed by atoms with Gasteiger partial charge in [0.2, 0.25) is 0 Å². The third-order valence-corrected chi connectivity index (χ3v) is 5.32. The number of nitrogens with one attached hydrogen (secondary N) is 2. The number of amides is 2. The minimum atomic E-state index is -0.811. The maximum Gasteiger partial charge on any atom is 0.294 e. The van der Waals surface area contributed by atoms with Crippen LogP contribution >= 0.6 is 0 Å². The number of hydrogen-bond acceptors (Lipinski definition) is 4.